The van der Waals surface area contributed by atoms with E-state index in [0.717, 1.165) is 38.5 Å². The number of ketones is 1. The molecular weight excluding hydrogens is 1110 g/mol. The van der Waals surface area contributed by atoms with Crippen LogP contribution in [0, 0.1) is 5.41 Å². The summed E-state index contributed by atoms with van der Waals surface area (Å²) in [4.78, 5) is 164. The summed E-state index contributed by atoms with van der Waals surface area (Å²) in [6.45, 7) is 2.20. The van der Waals surface area contributed by atoms with Crippen LogP contribution in [-0.4, -0.2) is 140 Å². The SMILES string of the molecule is CCCCCCCCCCCCCCCCCCCC(=O)C(CCC(=O)NC(CCC(=O)O)(CCC(=O)O)CCC(=O)O)(CCC(=O)NC(CCC(=O)O)(CCC(=O)O)CCC(=O)O)CCC(=O)NC(CCC(=O)O)(CCC(=O)O)CCC(=O)O. The van der Waals surface area contributed by atoms with Crippen LogP contribution in [0.5, 0.6) is 0 Å². The van der Waals surface area contributed by atoms with Crippen molar-refractivity contribution in [1.82, 2.24) is 16.0 Å². The van der Waals surface area contributed by atoms with Crippen molar-refractivity contribution in [3.8, 4) is 0 Å². The Morgan fingerprint density at radius 2 is 0.412 bits per heavy atom. The molecule has 0 bridgehead atoms. The molecule has 0 aliphatic rings. The molecule has 0 aromatic heterocycles. The molecule has 0 aromatic rings. The minimum atomic E-state index is -1.84. The zero-order valence-electron chi connectivity index (χ0n) is 50.0. The first-order valence-corrected chi connectivity index (χ1v) is 30.5. The maximum absolute atomic E-state index is 15.1. The molecule has 0 spiro atoms. The van der Waals surface area contributed by atoms with Gasteiger partial charge in [-0.2, -0.15) is 0 Å². The molecule has 486 valence electrons. The van der Waals surface area contributed by atoms with E-state index in [1.807, 2.05) is 0 Å². The molecule has 0 fully saturated rings. The van der Waals surface area contributed by atoms with Gasteiger partial charge in [-0.1, -0.05) is 110 Å². The third-order valence-electron chi connectivity index (χ3n) is 16.2. The van der Waals surface area contributed by atoms with Gasteiger partial charge in [0, 0.05) is 106 Å². The topological polar surface area (TPSA) is 440 Å². The Labute approximate surface area is 498 Å². The van der Waals surface area contributed by atoms with Gasteiger partial charge in [0.15, 0.2) is 0 Å². The van der Waals surface area contributed by atoms with Crippen LogP contribution in [0.3, 0.4) is 0 Å². The Morgan fingerprint density at radius 3 is 0.588 bits per heavy atom. The molecule has 0 aromatic carbocycles. The number of carboxylic acids is 9. The fourth-order valence-corrected chi connectivity index (χ4v) is 11.0. The van der Waals surface area contributed by atoms with E-state index in [9.17, 15) is 103 Å². The van der Waals surface area contributed by atoms with E-state index in [0.29, 0.717) is 12.8 Å². The summed E-state index contributed by atoms with van der Waals surface area (Å²) in [7, 11) is 0. The zero-order valence-corrected chi connectivity index (χ0v) is 50.0. The highest BCUT2D eigenvalue weighted by Crippen LogP contribution is 2.40. The first kappa shape index (κ1) is 78.3. The maximum atomic E-state index is 15.1. The van der Waals surface area contributed by atoms with Crippen molar-refractivity contribution in [3.63, 3.8) is 0 Å². The van der Waals surface area contributed by atoms with Crippen molar-refractivity contribution in [1.29, 1.82) is 0 Å². The summed E-state index contributed by atoms with van der Waals surface area (Å²) in [6.07, 6.45) is 5.26. The molecule has 12 N–H and O–H groups in total. The molecule has 0 radical (unpaired) electrons. The summed E-state index contributed by atoms with van der Waals surface area (Å²) in [5.41, 5.74) is -6.96. The lowest BCUT2D eigenvalue weighted by Gasteiger charge is -2.38. The molecule has 25 nitrogen and oxygen atoms in total. The van der Waals surface area contributed by atoms with Gasteiger partial charge in [0.05, 0.1) is 0 Å². The molecule has 85 heavy (non-hydrogen) atoms. The number of rotatable bonds is 58. The van der Waals surface area contributed by atoms with Crippen molar-refractivity contribution in [2.24, 2.45) is 5.41 Å². The highest BCUT2D eigenvalue weighted by atomic mass is 16.4. The van der Waals surface area contributed by atoms with Gasteiger partial charge in [0.2, 0.25) is 17.7 Å². The molecule has 0 rings (SSSR count). The second-order valence-corrected chi connectivity index (χ2v) is 23.1. The van der Waals surface area contributed by atoms with Crippen molar-refractivity contribution in [2.75, 3.05) is 0 Å². The predicted molar refractivity (Wildman–Crippen MR) is 308 cm³/mol. The highest BCUT2D eigenvalue weighted by molar-refractivity contribution is 5.88. The normalized spacial score (nSPS) is 11.8. The van der Waals surface area contributed by atoms with Crippen LogP contribution in [-0.2, 0) is 62.3 Å². The molecule has 0 saturated heterocycles. The number of hydrogen-bond donors (Lipinski definition) is 12. The molecular formula is C60H99N3O22. The number of Topliss-reactive ketones (excluding diaryl/α,β-unsaturated/α-hetero) is 1. The minimum Gasteiger partial charge on any atom is -0.481 e. The monoisotopic (exact) mass is 1210 g/mol. The summed E-state index contributed by atoms with van der Waals surface area (Å²) in [5.74, 6) is -15.3. The number of nitrogens with one attached hydrogen (secondary N) is 3. The molecule has 0 atom stereocenters. The summed E-state index contributed by atoms with van der Waals surface area (Å²) in [6, 6.07) is 0. The number of amides is 3. The lowest BCUT2D eigenvalue weighted by atomic mass is 9.70. The Hall–Kier alpha value is -6.69. The lowest BCUT2D eigenvalue weighted by molar-refractivity contribution is -0.141. The van der Waals surface area contributed by atoms with E-state index in [4.69, 9.17) is 0 Å². The van der Waals surface area contributed by atoms with Gasteiger partial charge in [0.25, 0.3) is 0 Å². The molecule has 0 aliphatic carbocycles. The van der Waals surface area contributed by atoms with E-state index in [-0.39, 0.29) is 6.42 Å². The van der Waals surface area contributed by atoms with Gasteiger partial charge in [-0.3, -0.25) is 62.3 Å². The maximum Gasteiger partial charge on any atom is 0.303 e. The zero-order chi connectivity index (χ0) is 64.3. The van der Waals surface area contributed by atoms with E-state index in [1.165, 1.54) is 57.8 Å². The Balaban J connectivity index is 7.49. The second-order valence-electron chi connectivity index (χ2n) is 23.1. The van der Waals surface area contributed by atoms with Crippen LogP contribution in [0.25, 0.3) is 0 Å². The lowest BCUT2D eigenvalue weighted by Crippen LogP contribution is -2.51. The first-order chi connectivity index (χ1) is 40.0. The molecule has 0 aliphatic heterocycles. The predicted octanol–water partition coefficient (Wildman–Crippen LogP) is 9.27. The summed E-state index contributed by atoms with van der Waals surface area (Å²) in [5, 5.41) is 94.6. The van der Waals surface area contributed by atoms with E-state index in [1.54, 1.807) is 0 Å². The van der Waals surface area contributed by atoms with Gasteiger partial charge in [0.1, 0.15) is 5.78 Å². The van der Waals surface area contributed by atoms with Crippen molar-refractivity contribution in [3.05, 3.63) is 0 Å². The van der Waals surface area contributed by atoms with Gasteiger partial charge in [-0.15, -0.1) is 0 Å². The van der Waals surface area contributed by atoms with Crippen LogP contribution < -0.4 is 16.0 Å². The Bertz CT molecular complexity index is 1810. The van der Waals surface area contributed by atoms with Crippen molar-refractivity contribution in [2.45, 2.75) is 293 Å². The van der Waals surface area contributed by atoms with Crippen molar-refractivity contribution < 1.29 is 108 Å². The minimum absolute atomic E-state index is 0.164. The van der Waals surface area contributed by atoms with Gasteiger partial charge < -0.3 is 61.9 Å². The number of hydrogen-bond acceptors (Lipinski definition) is 13. The Kier molecular flexibility index (Phi) is 40.4. The van der Waals surface area contributed by atoms with Crippen molar-refractivity contribution >= 4 is 77.2 Å². The summed E-state index contributed by atoms with van der Waals surface area (Å²) >= 11 is 0. The number of carbonyl (C=O) groups excluding carboxylic acids is 4. The number of carbonyl (C=O) groups is 13. The third-order valence-corrected chi connectivity index (χ3v) is 16.2. The fourth-order valence-electron chi connectivity index (χ4n) is 11.0. The first-order valence-electron chi connectivity index (χ1n) is 30.5. The number of unbranched alkanes of at least 4 members (excludes halogenated alkanes) is 16. The van der Waals surface area contributed by atoms with E-state index >= 15 is 4.79 Å². The smallest absolute Gasteiger partial charge is 0.303 e. The standard InChI is InChI=1S/C60H99N3O22/c1-2-3-4-5-6-7-8-9-10-11-12-13-14-15-16-17-18-19-44(64)57(32-20-45(65)61-58(35-23-48(68)69,36-24-49(70)71)37-25-50(72)73,33-21-46(66)62-59(38-26-51(74)75,39-27-52(76)77)40-28-53(78)79)34-22-47(67)63-60(41-29-54(80)81,42-30-55(82)83)43-31-56(84)85/h2-43H2,1H3,(H,61,65)(H,62,66)(H,63,67)(H,68,69)(H,70,71)(H,72,73)(H,74,75)(H,76,77)(H,78,79)(H,80,81)(H,82,83)(H,84,85). The molecule has 0 heterocycles. The van der Waals surface area contributed by atoms with Crippen LogP contribution in [0.4, 0.5) is 0 Å². The van der Waals surface area contributed by atoms with Crippen LogP contribution in [0.1, 0.15) is 277 Å². The second kappa shape index (κ2) is 43.9. The van der Waals surface area contributed by atoms with Gasteiger partial charge in [-0.25, -0.2) is 0 Å². The average molecular weight is 1210 g/mol. The quantitative estimate of drug-likeness (QED) is 0.0252. The molecule has 3 amide bonds. The highest BCUT2D eigenvalue weighted by Gasteiger charge is 2.42. The number of aliphatic carboxylic acids is 9. The average Bonchev–Trinajstić information content (AvgIpc) is 3.11. The van der Waals surface area contributed by atoms with E-state index < -0.39 is 253 Å². The molecule has 0 unspecified atom stereocenters. The molecule has 25 heteroatoms. The van der Waals surface area contributed by atoms with E-state index in [2.05, 4.69) is 22.9 Å². The summed E-state index contributed by atoms with van der Waals surface area (Å²) < 4.78 is 0. The largest absolute Gasteiger partial charge is 0.481 e. The van der Waals surface area contributed by atoms with Gasteiger partial charge >= 0.3 is 53.7 Å². The van der Waals surface area contributed by atoms with Gasteiger partial charge in [-0.05, 0) is 83.5 Å². The Morgan fingerprint density at radius 1 is 0.235 bits per heavy atom. The molecule has 0 saturated carbocycles. The van der Waals surface area contributed by atoms with Crippen LogP contribution >= 0.6 is 0 Å². The van der Waals surface area contributed by atoms with Crippen LogP contribution in [0.2, 0.25) is 0 Å². The van der Waals surface area contributed by atoms with Crippen LogP contribution in [0.15, 0.2) is 0 Å². The number of carboxylic acid groups (broad SMARTS) is 9. The fraction of sp³-hybridized carbons (Fsp3) is 0.783. The third kappa shape index (κ3) is 39.5.